The van der Waals surface area contributed by atoms with Gasteiger partial charge in [0.2, 0.25) is 5.75 Å². The van der Waals surface area contributed by atoms with E-state index in [-0.39, 0.29) is 18.0 Å². The van der Waals surface area contributed by atoms with Gasteiger partial charge in [0.1, 0.15) is 19.0 Å². The van der Waals surface area contributed by atoms with Crippen LogP contribution in [0, 0.1) is 10.1 Å². The van der Waals surface area contributed by atoms with Gasteiger partial charge in [-0.05, 0) is 28.8 Å². The van der Waals surface area contributed by atoms with Gasteiger partial charge in [-0.15, -0.1) is 0 Å². The summed E-state index contributed by atoms with van der Waals surface area (Å²) in [6, 6.07) is 2.86. The third-order valence-electron chi connectivity index (χ3n) is 3.62. The van der Waals surface area contributed by atoms with Gasteiger partial charge in [0.05, 0.1) is 49.0 Å². The molecule has 30 heavy (non-hydrogen) atoms. The fraction of sp³-hybridized carbons (Fsp3) is 0.700. The van der Waals surface area contributed by atoms with Gasteiger partial charge in [-0.3, -0.25) is 10.1 Å². The number of nitro benzene ring substituents is 1. The summed E-state index contributed by atoms with van der Waals surface area (Å²) in [6.45, 7) is 8.64. The molecule has 1 rings (SSSR count). The van der Waals surface area contributed by atoms with Gasteiger partial charge in [-0.1, -0.05) is 13.8 Å². The van der Waals surface area contributed by atoms with Gasteiger partial charge in [0.25, 0.3) is 0 Å². The van der Waals surface area contributed by atoms with E-state index in [4.69, 9.17) is 28.4 Å². The van der Waals surface area contributed by atoms with E-state index in [0.29, 0.717) is 63.1 Å². The normalized spacial score (nSPS) is 10.9. The third-order valence-corrected chi connectivity index (χ3v) is 4.24. The average Bonchev–Trinajstić information content (AvgIpc) is 2.73. The summed E-state index contributed by atoms with van der Waals surface area (Å²) in [5.74, 6) is 0.563. The molecule has 172 valence electrons. The molecule has 9 nitrogen and oxygen atoms in total. The molecule has 0 radical (unpaired) electrons. The molecule has 0 N–H and O–H groups in total. The molecule has 0 heterocycles. The van der Waals surface area contributed by atoms with Gasteiger partial charge >= 0.3 is 5.69 Å². The fourth-order valence-corrected chi connectivity index (χ4v) is 2.69. The van der Waals surface area contributed by atoms with Gasteiger partial charge in [-0.2, -0.15) is 0 Å². The average molecular weight is 494 g/mol. The van der Waals surface area contributed by atoms with Gasteiger partial charge < -0.3 is 28.4 Å². The van der Waals surface area contributed by atoms with Crippen molar-refractivity contribution < 1.29 is 33.3 Å². The lowest BCUT2D eigenvalue weighted by molar-refractivity contribution is -0.386. The van der Waals surface area contributed by atoms with Gasteiger partial charge in [-0.25, -0.2) is 0 Å². The van der Waals surface area contributed by atoms with Crippen LogP contribution >= 0.6 is 15.9 Å². The van der Waals surface area contributed by atoms with Crippen LogP contribution in [0.2, 0.25) is 0 Å². The first-order valence-corrected chi connectivity index (χ1v) is 10.9. The van der Waals surface area contributed by atoms with Crippen LogP contribution in [0.4, 0.5) is 5.69 Å². The highest BCUT2D eigenvalue weighted by Gasteiger charge is 2.19. The fourth-order valence-electron chi connectivity index (χ4n) is 2.25. The van der Waals surface area contributed by atoms with Crippen molar-refractivity contribution in [3.8, 4) is 11.5 Å². The molecule has 1 aromatic rings. The van der Waals surface area contributed by atoms with Crippen LogP contribution in [0.5, 0.6) is 11.5 Å². The Morgan fingerprint density at radius 2 is 1.17 bits per heavy atom. The number of hydrogen-bond acceptors (Lipinski definition) is 8. The number of nitrogens with zero attached hydrogens (tertiary/aromatic N) is 1. The molecule has 0 unspecified atom stereocenters. The van der Waals surface area contributed by atoms with Crippen molar-refractivity contribution in [2.75, 3.05) is 66.1 Å². The number of nitro groups is 1. The second kappa shape index (κ2) is 17.2. The summed E-state index contributed by atoms with van der Waals surface area (Å²) in [5.41, 5.74) is -0.148. The Morgan fingerprint density at radius 3 is 1.63 bits per heavy atom. The van der Waals surface area contributed by atoms with Crippen molar-refractivity contribution in [2.45, 2.75) is 26.7 Å². The topological polar surface area (TPSA) is 98.5 Å². The Bertz CT molecular complexity index is 602. The minimum Gasteiger partial charge on any atom is -0.490 e. The molecule has 0 saturated carbocycles. The van der Waals surface area contributed by atoms with Crippen molar-refractivity contribution in [1.29, 1.82) is 0 Å². The third kappa shape index (κ3) is 11.7. The quantitative estimate of drug-likeness (QED) is 0.162. The minimum absolute atomic E-state index is 0.123. The van der Waals surface area contributed by atoms with E-state index in [9.17, 15) is 10.1 Å². The van der Waals surface area contributed by atoms with E-state index in [0.717, 1.165) is 19.4 Å². The molecular weight excluding hydrogens is 462 g/mol. The molecule has 0 spiro atoms. The van der Waals surface area contributed by atoms with Crippen molar-refractivity contribution in [1.82, 2.24) is 0 Å². The Kier molecular flexibility index (Phi) is 15.3. The highest BCUT2D eigenvalue weighted by Crippen LogP contribution is 2.37. The number of ether oxygens (including phenoxy) is 6. The number of halogens is 1. The van der Waals surface area contributed by atoms with E-state index in [1.807, 2.05) is 13.8 Å². The second-order valence-corrected chi connectivity index (χ2v) is 7.01. The summed E-state index contributed by atoms with van der Waals surface area (Å²) < 4.78 is 33.1. The second-order valence-electron chi connectivity index (χ2n) is 6.15. The molecule has 10 heteroatoms. The molecule has 0 atom stereocenters. The van der Waals surface area contributed by atoms with E-state index < -0.39 is 4.92 Å². The first kappa shape index (κ1) is 26.6. The molecular formula is C20H32BrNO8. The molecule has 0 aliphatic carbocycles. The van der Waals surface area contributed by atoms with Crippen LogP contribution < -0.4 is 9.47 Å². The zero-order valence-corrected chi connectivity index (χ0v) is 19.3. The van der Waals surface area contributed by atoms with Crippen molar-refractivity contribution in [2.24, 2.45) is 0 Å². The summed E-state index contributed by atoms with van der Waals surface area (Å²) in [5, 5.41) is 11.3. The molecule has 1 aromatic carbocycles. The SMILES string of the molecule is CCCOCCOCCOc1cc(OCCOCCOCCC)c([N+](=O)[O-])cc1Br. The Labute approximate surface area is 186 Å². The van der Waals surface area contributed by atoms with Crippen molar-refractivity contribution in [3.05, 3.63) is 26.7 Å². The lowest BCUT2D eigenvalue weighted by atomic mass is 10.3. The highest BCUT2D eigenvalue weighted by atomic mass is 79.9. The predicted molar refractivity (Wildman–Crippen MR) is 116 cm³/mol. The van der Waals surface area contributed by atoms with Crippen LogP contribution in [0.15, 0.2) is 16.6 Å². The van der Waals surface area contributed by atoms with Crippen LogP contribution in [0.1, 0.15) is 26.7 Å². The molecule has 0 fully saturated rings. The Morgan fingerprint density at radius 1 is 0.733 bits per heavy atom. The standard InChI is InChI=1S/C20H32BrNO8/c1-3-5-25-7-9-27-11-13-29-19-16-20(18(22(23)24)15-17(19)21)30-14-12-28-10-8-26-6-4-2/h15-16H,3-14H2,1-2H3. The molecule has 0 aromatic heterocycles. The van der Waals surface area contributed by atoms with E-state index in [1.165, 1.54) is 12.1 Å². The van der Waals surface area contributed by atoms with Crippen LogP contribution in [0.3, 0.4) is 0 Å². The molecule has 0 aliphatic rings. The number of hydrogen-bond donors (Lipinski definition) is 0. The largest absolute Gasteiger partial charge is 0.490 e. The Hall–Kier alpha value is -1.46. The van der Waals surface area contributed by atoms with E-state index in [2.05, 4.69) is 15.9 Å². The molecule has 0 saturated heterocycles. The predicted octanol–water partition coefficient (Wildman–Crippen LogP) is 4.00. The Balaban J connectivity index is 2.43. The molecule has 0 aliphatic heterocycles. The van der Waals surface area contributed by atoms with Crippen molar-refractivity contribution in [3.63, 3.8) is 0 Å². The van der Waals surface area contributed by atoms with Gasteiger partial charge in [0.15, 0.2) is 0 Å². The number of rotatable bonds is 19. The lowest BCUT2D eigenvalue weighted by Crippen LogP contribution is -2.12. The van der Waals surface area contributed by atoms with Gasteiger partial charge in [0, 0.05) is 25.3 Å². The maximum atomic E-state index is 11.3. The van der Waals surface area contributed by atoms with Crippen molar-refractivity contribution >= 4 is 21.6 Å². The number of benzene rings is 1. The summed E-state index contributed by atoms with van der Waals surface area (Å²) >= 11 is 3.30. The first-order valence-electron chi connectivity index (χ1n) is 10.1. The zero-order valence-electron chi connectivity index (χ0n) is 17.7. The monoisotopic (exact) mass is 493 g/mol. The molecule has 0 amide bonds. The lowest BCUT2D eigenvalue weighted by Gasteiger charge is -2.12. The molecule has 0 bridgehead atoms. The summed E-state index contributed by atoms with van der Waals surface area (Å²) in [4.78, 5) is 10.8. The smallest absolute Gasteiger partial charge is 0.312 e. The summed E-state index contributed by atoms with van der Waals surface area (Å²) in [7, 11) is 0. The maximum absolute atomic E-state index is 11.3. The zero-order chi connectivity index (χ0) is 22.0. The van der Waals surface area contributed by atoms with Crippen LogP contribution in [-0.2, 0) is 18.9 Å². The first-order chi connectivity index (χ1) is 14.6. The van der Waals surface area contributed by atoms with E-state index in [1.54, 1.807) is 0 Å². The van der Waals surface area contributed by atoms with Crippen LogP contribution in [0.25, 0.3) is 0 Å². The maximum Gasteiger partial charge on any atom is 0.312 e. The highest BCUT2D eigenvalue weighted by molar-refractivity contribution is 9.10. The van der Waals surface area contributed by atoms with Crippen LogP contribution in [-0.4, -0.2) is 71.0 Å². The van der Waals surface area contributed by atoms with E-state index >= 15 is 0 Å². The minimum atomic E-state index is -0.497. The summed E-state index contributed by atoms with van der Waals surface area (Å²) in [6.07, 6.45) is 1.93.